The van der Waals surface area contributed by atoms with Crippen LogP contribution in [0.3, 0.4) is 0 Å². The fraction of sp³-hybridized carbons (Fsp3) is 0.667. The van der Waals surface area contributed by atoms with Gasteiger partial charge in [-0.15, -0.1) is 0 Å². The monoisotopic (exact) mass is 303 g/mol. The number of fused-ring (bicyclic) bond motifs is 3. The molecular weight excluding hydrogens is 282 g/mol. The van der Waals surface area contributed by atoms with Gasteiger partial charge < -0.3 is 9.47 Å². The maximum Gasteiger partial charge on any atom is 0.329 e. The van der Waals surface area contributed by atoms with Gasteiger partial charge in [0, 0.05) is 26.2 Å². The number of rotatable bonds is 1. The van der Waals surface area contributed by atoms with Crippen molar-refractivity contribution in [2.75, 3.05) is 11.4 Å². The van der Waals surface area contributed by atoms with Crippen LogP contribution >= 0.6 is 0 Å². The third-order valence-electron chi connectivity index (χ3n) is 5.04. The molecule has 0 atom stereocenters. The van der Waals surface area contributed by atoms with E-state index in [2.05, 4.69) is 14.9 Å². The van der Waals surface area contributed by atoms with E-state index in [-0.39, 0.29) is 5.56 Å². The molecule has 22 heavy (non-hydrogen) atoms. The van der Waals surface area contributed by atoms with Crippen LogP contribution in [-0.2, 0) is 13.6 Å². The van der Waals surface area contributed by atoms with Gasteiger partial charge in [0.15, 0.2) is 11.2 Å². The van der Waals surface area contributed by atoms with E-state index in [4.69, 9.17) is 0 Å². The number of nitrogens with zero attached hydrogens (tertiary/aromatic N) is 4. The summed E-state index contributed by atoms with van der Waals surface area (Å²) in [6, 6.07) is 0.515. The molecule has 2 aromatic heterocycles. The minimum absolute atomic E-state index is 0.331. The predicted octanol–water partition coefficient (Wildman–Crippen LogP) is 0.966. The molecule has 1 aliphatic heterocycles. The van der Waals surface area contributed by atoms with Crippen molar-refractivity contribution in [3.05, 3.63) is 20.8 Å². The number of nitrogens with one attached hydrogen (secondary N) is 1. The van der Waals surface area contributed by atoms with Gasteiger partial charge in [-0.3, -0.25) is 14.3 Å². The number of anilines is 1. The highest BCUT2D eigenvalue weighted by Crippen LogP contribution is 2.31. The van der Waals surface area contributed by atoms with Gasteiger partial charge in [-0.25, -0.2) is 4.79 Å². The SMILES string of the molecule is Cn1c(=O)[nH]c(=O)c2c1nc1n2CCCN1C1CCCCC1. The van der Waals surface area contributed by atoms with Gasteiger partial charge in [-0.05, 0) is 19.3 Å². The molecular formula is C15H21N5O2. The Morgan fingerprint density at radius 2 is 1.86 bits per heavy atom. The molecule has 7 heteroatoms. The number of imidazole rings is 1. The van der Waals surface area contributed by atoms with Crippen LogP contribution in [0.25, 0.3) is 11.2 Å². The van der Waals surface area contributed by atoms with Gasteiger partial charge in [0.2, 0.25) is 5.95 Å². The summed E-state index contributed by atoms with van der Waals surface area (Å²) < 4.78 is 3.42. The number of H-pyrrole nitrogens is 1. The molecule has 1 N–H and O–H groups in total. The fourth-order valence-corrected chi connectivity index (χ4v) is 3.89. The van der Waals surface area contributed by atoms with Gasteiger partial charge in [-0.2, -0.15) is 4.98 Å². The number of hydrogen-bond donors (Lipinski definition) is 1. The summed E-state index contributed by atoms with van der Waals surface area (Å²) >= 11 is 0. The largest absolute Gasteiger partial charge is 0.339 e. The van der Waals surface area contributed by atoms with Crippen molar-refractivity contribution in [2.45, 2.75) is 51.1 Å². The molecule has 1 aliphatic carbocycles. The predicted molar refractivity (Wildman–Crippen MR) is 84.4 cm³/mol. The van der Waals surface area contributed by atoms with Gasteiger partial charge >= 0.3 is 5.69 Å². The highest BCUT2D eigenvalue weighted by atomic mass is 16.2. The molecule has 118 valence electrons. The molecule has 1 saturated carbocycles. The van der Waals surface area contributed by atoms with Crippen molar-refractivity contribution in [3.8, 4) is 0 Å². The molecule has 0 spiro atoms. The lowest BCUT2D eigenvalue weighted by atomic mass is 9.94. The fourth-order valence-electron chi connectivity index (χ4n) is 3.89. The Morgan fingerprint density at radius 1 is 1.09 bits per heavy atom. The summed E-state index contributed by atoms with van der Waals surface area (Å²) in [5.74, 6) is 0.861. The van der Waals surface area contributed by atoms with Crippen LogP contribution < -0.4 is 16.1 Å². The van der Waals surface area contributed by atoms with E-state index >= 15 is 0 Å². The van der Waals surface area contributed by atoms with E-state index in [0.717, 1.165) is 25.5 Å². The highest BCUT2D eigenvalue weighted by molar-refractivity contribution is 5.74. The summed E-state index contributed by atoms with van der Waals surface area (Å²) in [5, 5.41) is 0. The average Bonchev–Trinajstić information content (AvgIpc) is 2.93. The minimum Gasteiger partial charge on any atom is -0.339 e. The van der Waals surface area contributed by atoms with Crippen molar-refractivity contribution in [1.29, 1.82) is 0 Å². The number of aryl methyl sites for hydroxylation is 2. The number of aromatic nitrogens is 4. The lowest BCUT2D eigenvalue weighted by Crippen LogP contribution is -2.42. The highest BCUT2D eigenvalue weighted by Gasteiger charge is 2.29. The van der Waals surface area contributed by atoms with Crippen molar-refractivity contribution >= 4 is 17.1 Å². The van der Waals surface area contributed by atoms with Crippen molar-refractivity contribution in [2.24, 2.45) is 7.05 Å². The topological polar surface area (TPSA) is 75.9 Å². The lowest BCUT2D eigenvalue weighted by Gasteiger charge is -2.37. The third-order valence-corrected chi connectivity index (χ3v) is 5.04. The number of hydrogen-bond acceptors (Lipinski definition) is 4. The molecule has 0 aromatic carbocycles. The second-order valence-corrected chi connectivity index (χ2v) is 6.39. The molecule has 1 fully saturated rings. The van der Waals surface area contributed by atoms with Crippen molar-refractivity contribution in [1.82, 2.24) is 19.1 Å². The first kappa shape index (κ1) is 13.6. The van der Waals surface area contributed by atoms with E-state index in [1.807, 2.05) is 4.57 Å². The minimum atomic E-state index is -0.405. The van der Waals surface area contributed by atoms with Crippen molar-refractivity contribution < 1.29 is 0 Å². The molecule has 7 nitrogen and oxygen atoms in total. The molecule has 0 bridgehead atoms. The Kier molecular flexibility index (Phi) is 3.09. The molecule has 2 aliphatic rings. The Balaban J connectivity index is 1.90. The molecule has 4 rings (SSSR count). The Bertz CT molecular complexity index is 825. The Labute approximate surface area is 127 Å². The average molecular weight is 303 g/mol. The van der Waals surface area contributed by atoms with Gasteiger partial charge in [0.05, 0.1) is 0 Å². The van der Waals surface area contributed by atoms with Gasteiger partial charge in [0.25, 0.3) is 5.56 Å². The van der Waals surface area contributed by atoms with Crippen molar-refractivity contribution in [3.63, 3.8) is 0 Å². The van der Waals surface area contributed by atoms with Crippen LogP contribution in [0.2, 0.25) is 0 Å². The summed E-state index contributed by atoms with van der Waals surface area (Å²) in [6.45, 7) is 1.77. The Hall–Kier alpha value is -2.05. The first-order chi connectivity index (χ1) is 10.7. The van der Waals surface area contributed by atoms with Crippen LogP contribution in [0.4, 0.5) is 5.95 Å². The molecule has 0 radical (unpaired) electrons. The summed E-state index contributed by atoms with van der Waals surface area (Å²) in [4.78, 5) is 33.4. The van der Waals surface area contributed by atoms with Crippen LogP contribution in [0.15, 0.2) is 9.59 Å². The Morgan fingerprint density at radius 3 is 2.64 bits per heavy atom. The van der Waals surface area contributed by atoms with Gasteiger partial charge in [0.1, 0.15) is 0 Å². The van der Waals surface area contributed by atoms with Crippen LogP contribution in [0.5, 0.6) is 0 Å². The zero-order valence-corrected chi connectivity index (χ0v) is 12.8. The second kappa shape index (κ2) is 5.00. The maximum absolute atomic E-state index is 12.2. The third kappa shape index (κ3) is 1.91. The first-order valence-corrected chi connectivity index (χ1v) is 8.13. The zero-order valence-electron chi connectivity index (χ0n) is 12.8. The van der Waals surface area contributed by atoms with Crippen LogP contribution in [-0.4, -0.2) is 31.7 Å². The maximum atomic E-state index is 12.2. The quantitative estimate of drug-likeness (QED) is 0.851. The van der Waals surface area contributed by atoms with Gasteiger partial charge in [-0.1, -0.05) is 19.3 Å². The molecule has 0 unspecified atom stereocenters. The van der Waals surface area contributed by atoms with E-state index in [0.29, 0.717) is 17.2 Å². The molecule has 2 aromatic rings. The van der Waals surface area contributed by atoms with E-state index in [1.165, 1.54) is 36.7 Å². The van der Waals surface area contributed by atoms with E-state index < -0.39 is 5.69 Å². The lowest BCUT2D eigenvalue weighted by molar-refractivity contribution is 0.391. The van der Waals surface area contributed by atoms with Crippen LogP contribution in [0, 0.1) is 0 Å². The molecule has 0 amide bonds. The molecule has 3 heterocycles. The summed E-state index contributed by atoms with van der Waals surface area (Å²) in [5.41, 5.74) is 0.281. The summed E-state index contributed by atoms with van der Waals surface area (Å²) in [6.07, 6.45) is 7.24. The first-order valence-electron chi connectivity index (χ1n) is 8.13. The summed E-state index contributed by atoms with van der Waals surface area (Å²) in [7, 11) is 1.66. The molecule has 0 saturated heterocycles. The standard InChI is InChI=1S/C15H21N5O2/c1-18-12-11(13(21)17-15(18)22)20-9-5-8-19(14(20)16-12)10-6-3-2-4-7-10/h10H,2-9H2,1H3,(H,17,21,22). The van der Waals surface area contributed by atoms with E-state index in [9.17, 15) is 9.59 Å². The van der Waals surface area contributed by atoms with Crippen LogP contribution in [0.1, 0.15) is 38.5 Å². The zero-order chi connectivity index (χ0) is 15.3. The second-order valence-electron chi connectivity index (χ2n) is 6.39. The smallest absolute Gasteiger partial charge is 0.329 e. The number of aromatic amines is 1. The van der Waals surface area contributed by atoms with E-state index in [1.54, 1.807) is 7.05 Å². The normalized spacial score (nSPS) is 19.6.